The average molecular weight is 370 g/mol. The molecule has 0 radical (unpaired) electrons. The number of ether oxygens (including phenoxy) is 1. The Kier molecular flexibility index (Phi) is 8.19. The van der Waals surface area contributed by atoms with E-state index in [1.807, 2.05) is 39.0 Å². The van der Waals surface area contributed by atoms with Crippen LogP contribution in [0, 0.1) is 12.8 Å². The third kappa shape index (κ3) is 5.34. The van der Waals surface area contributed by atoms with Crippen LogP contribution in [0.3, 0.4) is 0 Å². The first-order valence-corrected chi connectivity index (χ1v) is 8.42. The summed E-state index contributed by atoms with van der Waals surface area (Å²) in [6.45, 7) is 7.83. The third-order valence-corrected chi connectivity index (χ3v) is 4.26. The van der Waals surface area contributed by atoms with Crippen LogP contribution in [0.4, 0.5) is 5.69 Å². The van der Waals surface area contributed by atoms with Crippen LogP contribution >= 0.6 is 12.4 Å². The fourth-order valence-electron chi connectivity index (χ4n) is 2.95. The fraction of sp³-hybridized carbons (Fsp3) is 0.556. The minimum Gasteiger partial charge on any atom is -0.495 e. The second-order valence-electron chi connectivity index (χ2n) is 6.28. The largest absolute Gasteiger partial charge is 0.495 e. The van der Waals surface area contributed by atoms with Gasteiger partial charge >= 0.3 is 0 Å². The monoisotopic (exact) mass is 369 g/mol. The van der Waals surface area contributed by atoms with Gasteiger partial charge in [-0.1, -0.05) is 13.0 Å². The lowest BCUT2D eigenvalue weighted by Crippen LogP contribution is -2.41. The standard InChI is InChI=1S/C18H27N3O3.ClH/c1-5-19-13(3)10-20-18(23)14-9-17(22)21(11-14)15-8-12(2)6-7-16(15)24-4;/h6-8,13-14,19H,5,9-11H2,1-4H3,(H,20,23);1H/t13-,14?;/m1./s1. The van der Waals surface area contributed by atoms with Crippen LogP contribution in [0.15, 0.2) is 18.2 Å². The summed E-state index contributed by atoms with van der Waals surface area (Å²) in [6, 6.07) is 5.92. The molecule has 1 heterocycles. The molecule has 0 bridgehead atoms. The maximum absolute atomic E-state index is 12.4. The number of halogens is 1. The Morgan fingerprint density at radius 3 is 2.80 bits per heavy atom. The van der Waals surface area contributed by atoms with Crippen LogP contribution in [-0.2, 0) is 9.59 Å². The smallest absolute Gasteiger partial charge is 0.227 e. The molecule has 1 aliphatic rings. The molecule has 2 N–H and O–H groups in total. The van der Waals surface area contributed by atoms with Crippen molar-refractivity contribution in [3.63, 3.8) is 0 Å². The van der Waals surface area contributed by atoms with Crippen LogP contribution < -0.4 is 20.3 Å². The zero-order valence-corrected chi connectivity index (χ0v) is 16.1. The molecule has 2 rings (SSSR count). The number of rotatable bonds is 7. The van der Waals surface area contributed by atoms with E-state index < -0.39 is 0 Å². The van der Waals surface area contributed by atoms with E-state index in [4.69, 9.17) is 4.74 Å². The molecule has 140 valence electrons. The lowest BCUT2D eigenvalue weighted by atomic mass is 10.1. The summed E-state index contributed by atoms with van der Waals surface area (Å²) in [5.74, 6) is 0.216. The van der Waals surface area contributed by atoms with Gasteiger partial charge in [-0.25, -0.2) is 0 Å². The molecule has 1 saturated heterocycles. The van der Waals surface area contributed by atoms with Gasteiger partial charge < -0.3 is 20.3 Å². The summed E-state index contributed by atoms with van der Waals surface area (Å²) < 4.78 is 5.36. The van der Waals surface area contributed by atoms with Crippen LogP contribution in [0.1, 0.15) is 25.8 Å². The Bertz CT molecular complexity index is 609. The molecule has 7 heteroatoms. The van der Waals surface area contributed by atoms with Gasteiger partial charge in [-0.05, 0) is 38.1 Å². The molecule has 0 spiro atoms. The van der Waals surface area contributed by atoms with Gasteiger partial charge in [-0.15, -0.1) is 12.4 Å². The summed E-state index contributed by atoms with van der Waals surface area (Å²) in [5.41, 5.74) is 1.78. The summed E-state index contributed by atoms with van der Waals surface area (Å²) in [5, 5.41) is 6.18. The minimum atomic E-state index is -0.323. The number of aryl methyl sites for hydroxylation is 1. The average Bonchev–Trinajstić information content (AvgIpc) is 2.94. The summed E-state index contributed by atoms with van der Waals surface area (Å²) in [4.78, 5) is 26.4. The van der Waals surface area contributed by atoms with Gasteiger partial charge in [0, 0.05) is 25.6 Å². The first kappa shape index (κ1) is 21.3. The molecule has 6 nitrogen and oxygen atoms in total. The van der Waals surface area contributed by atoms with Crippen molar-refractivity contribution in [1.29, 1.82) is 0 Å². The number of nitrogens with one attached hydrogen (secondary N) is 2. The number of likely N-dealkylation sites (N-methyl/N-ethyl adjacent to an activating group) is 1. The van der Waals surface area contributed by atoms with E-state index in [0.717, 1.165) is 17.8 Å². The van der Waals surface area contributed by atoms with Crippen LogP contribution in [0.2, 0.25) is 0 Å². The molecule has 1 aromatic rings. The van der Waals surface area contributed by atoms with Crippen molar-refractivity contribution in [1.82, 2.24) is 10.6 Å². The molecule has 2 amide bonds. The molecule has 0 aromatic heterocycles. The summed E-state index contributed by atoms with van der Waals surface area (Å²) in [6.07, 6.45) is 0.235. The number of anilines is 1. The van der Waals surface area contributed by atoms with E-state index in [-0.39, 0.29) is 42.6 Å². The van der Waals surface area contributed by atoms with Gasteiger partial charge in [0.2, 0.25) is 11.8 Å². The van der Waals surface area contributed by atoms with E-state index in [9.17, 15) is 9.59 Å². The first-order valence-electron chi connectivity index (χ1n) is 8.42. The highest BCUT2D eigenvalue weighted by Crippen LogP contribution is 2.33. The first-order chi connectivity index (χ1) is 11.5. The van der Waals surface area contributed by atoms with E-state index >= 15 is 0 Å². The lowest BCUT2D eigenvalue weighted by molar-refractivity contribution is -0.126. The topological polar surface area (TPSA) is 70.7 Å². The molecular formula is C18H28ClN3O3. The Morgan fingerprint density at radius 2 is 2.16 bits per heavy atom. The van der Waals surface area contributed by atoms with Crippen molar-refractivity contribution >= 4 is 29.9 Å². The number of hydrogen-bond donors (Lipinski definition) is 2. The summed E-state index contributed by atoms with van der Waals surface area (Å²) in [7, 11) is 1.58. The second kappa shape index (κ2) is 9.63. The number of carbonyl (C=O) groups excluding carboxylic acids is 2. The number of carbonyl (C=O) groups is 2. The molecule has 1 aromatic carbocycles. The van der Waals surface area contributed by atoms with E-state index in [1.54, 1.807) is 12.0 Å². The van der Waals surface area contributed by atoms with Crippen molar-refractivity contribution in [3.05, 3.63) is 23.8 Å². The highest BCUT2D eigenvalue weighted by atomic mass is 35.5. The zero-order chi connectivity index (χ0) is 17.7. The number of hydrogen-bond acceptors (Lipinski definition) is 4. The second-order valence-corrected chi connectivity index (χ2v) is 6.28. The van der Waals surface area contributed by atoms with Gasteiger partial charge in [0.05, 0.1) is 18.7 Å². The molecule has 0 aliphatic carbocycles. The highest BCUT2D eigenvalue weighted by molar-refractivity contribution is 6.01. The van der Waals surface area contributed by atoms with Crippen LogP contribution in [0.5, 0.6) is 5.75 Å². The van der Waals surface area contributed by atoms with Gasteiger partial charge in [-0.3, -0.25) is 9.59 Å². The predicted molar refractivity (Wildman–Crippen MR) is 102 cm³/mol. The van der Waals surface area contributed by atoms with Crippen molar-refractivity contribution in [2.45, 2.75) is 33.2 Å². The number of amides is 2. The van der Waals surface area contributed by atoms with Gasteiger partial charge in [0.15, 0.2) is 0 Å². The molecule has 0 saturated carbocycles. The van der Waals surface area contributed by atoms with Gasteiger partial charge in [-0.2, -0.15) is 0 Å². The summed E-state index contributed by atoms with van der Waals surface area (Å²) >= 11 is 0. The van der Waals surface area contributed by atoms with Crippen LogP contribution in [0.25, 0.3) is 0 Å². The Labute approximate surface area is 155 Å². The number of methoxy groups -OCH3 is 1. The lowest BCUT2D eigenvalue weighted by Gasteiger charge is -2.20. The SMILES string of the molecule is CCN[C@H](C)CNC(=O)C1CC(=O)N(c2cc(C)ccc2OC)C1.Cl. The third-order valence-electron chi connectivity index (χ3n) is 4.26. The molecule has 1 aliphatic heterocycles. The maximum atomic E-state index is 12.4. The van der Waals surface area contributed by atoms with Crippen molar-refractivity contribution < 1.29 is 14.3 Å². The van der Waals surface area contributed by atoms with E-state index in [0.29, 0.717) is 18.8 Å². The highest BCUT2D eigenvalue weighted by Gasteiger charge is 2.36. The van der Waals surface area contributed by atoms with Gasteiger partial charge in [0.1, 0.15) is 5.75 Å². The molecular weight excluding hydrogens is 342 g/mol. The maximum Gasteiger partial charge on any atom is 0.227 e. The number of nitrogens with zero attached hydrogens (tertiary/aromatic N) is 1. The quantitative estimate of drug-likeness (QED) is 0.770. The minimum absolute atomic E-state index is 0. The van der Waals surface area contributed by atoms with E-state index in [1.165, 1.54) is 0 Å². The number of benzene rings is 1. The normalized spacial score (nSPS) is 17.8. The van der Waals surface area contributed by atoms with Crippen molar-refractivity contribution in [2.24, 2.45) is 5.92 Å². The Balaban J connectivity index is 0.00000312. The fourth-order valence-corrected chi connectivity index (χ4v) is 2.95. The Hall–Kier alpha value is -1.79. The predicted octanol–water partition coefficient (Wildman–Crippen LogP) is 1.89. The molecule has 1 fully saturated rings. The molecule has 1 unspecified atom stereocenters. The van der Waals surface area contributed by atoms with Crippen molar-refractivity contribution in [2.75, 3.05) is 31.6 Å². The zero-order valence-electron chi connectivity index (χ0n) is 15.3. The molecule has 25 heavy (non-hydrogen) atoms. The van der Waals surface area contributed by atoms with E-state index in [2.05, 4.69) is 10.6 Å². The van der Waals surface area contributed by atoms with Gasteiger partial charge in [0.25, 0.3) is 0 Å². The van der Waals surface area contributed by atoms with Crippen molar-refractivity contribution in [3.8, 4) is 5.75 Å². The van der Waals surface area contributed by atoms with Crippen LogP contribution in [-0.4, -0.2) is 44.6 Å². The molecule has 2 atom stereocenters. The Morgan fingerprint density at radius 1 is 1.44 bits per heavy atom.